The normalized spacial score (nSPS) is 14.8. The molecule has 0 unspecified atom stereocenters. The molecule has 0 bridgehead atoms. The van der Waals surface area contributed by atoms with Gasteiger partial charge in [-0.1, -0.05) is 37.4 Å². The fourth-order valence-electron chi connectivity index (χ4n) is 1.53. The van der Waals surface area contributed by atoms with Crippen LogP contribution in [0.2, 0.25) is 5.02 Å². The van der Waals surface area contributed by atoms with Crippen LogP contribution in [0.1, 0.15) is 37.8 Å². The molecule has 0 aliphatic carbocycles. The van der Waals surface area contributed by atoms with Gasteiger partial charge in [-0.25, -0.2) is 0 Å². The van der Waals surface area contributed by atoms with Crippen LogP contribution in [-0.4, -0.2) is 11.2 Å². The average Bonchev–Trinajstić information content (AvgIpc) is 2.28. The first kappa shape index (κ1) is 14.0. The molecule has 0 heterocycles. The lowest BCUT2D eigenvalue weighted by Gasteiger charge is -2.19. The third-order valence-corrected chi connectivity index (χ3v) is 3.81. The molecule has 0 fully saturated rings. The van der Waals surface area contributed by atoms with Crippen LogP contribution in [0.15, 0.2) is 22.7 Å². The third-order valence-electron chi connectivity index (χ3n) is 2.60. The highest BCUT2D eigenvalue weighted by Gasteiger charge is 2.16. The molecule has 0 aliphatic rings. The lowest BCUT2D eigenvalue weighted by Crippen LogP contribution is -2.26. The molecule has 1 aromatic rings. The number of hydrogen-bond acceptors (Lipinski definition) is 2. The van der Waals surface area contributed by atoms with Gasteiger partial charge in [-0.2, -0.15) is 0 Å². The predicted molar refractivity (Wildman–Crippen MR) is 71.6 cm³/mol. The zero-order valence-electron chi connectivity index (χ0n) is 9.29. The zero-order chi connectivity index (χ0) is 12.1. The van der Waals surface area contributed by atoms with Gasteiger partial charge in [-0.3, -0.25) is 0 Å². The molecule has 3 N–H and O–H groups in total. The van der Waals surface area contributed by atoms with Gasteiger partial charge in [0.15, 0.2) is 0 Å². The Morgan fingerprint density at radius 3 is 2.75 bits per heavy atom. The molecule has 0 radical (unpaired) electrons. The number of nitrogens with two attached hydrogens (primary N) is 1. The Bertz CT molecular complexity index is 346. The summed E-state index contributed by atoms with van der Waals surface area (Å²) in [5.41, 5.74) is 6.89. The molecule has 90 valence electrons. The van der Waals surface area contributed by atoms with Crippen molar-refractivity contribution in [1.82, 2.24) is 0 Å². The molecule has 2 atom stereocenters. The van der Waals surface area contributed by atoms with Gasteiger partial charge < -0.3 is 10.8 Å². The molecule has 1 rings (SSSR count). The van der Waals surface area contributed by atoms with Crippen LogP contribution in [-0.2, 0) is 0 Å². The first-order valence-corrected chi connectivity index (χ1v) is 6.62. The zero-order valence-corrected chi connectivity index (χ0v) is 11.6. The minimum atomic E-state index is -0.493. The van der Waals surface area contributed by atoms with E-state index >= 15 is 0 Å². The molecule has 2 nitrogen and oxygen atoms in total. The van der Waals surface area contributed by atoms with Gasteiger partial charge in [0.1, 0.15) is 0 Å². The third kappa shape index (κ3) is 3.74. The summed E-state index contributed by atoms with van der Waals surface area (Å²) in [7, 11) is 0. The molecule has 0 saturated carbocycles. The number of aliphatic hydroxyl groups excluding tert-OH is 1. The fourth-order valence-corrected chi connectivity index (χ4v) is 2.05. The van der Waals surface area contributed by atoms with Crippen molar-refractivity contribution in [1.29, 1.82) is 0 Å². The van der Waals surface area contributed by atoms with Crippen LogP contribution in [0, 0.1) is 0 Å². The molecule has 4 heteroatoms. The Morgan fingerprint density at radius 2 is 2.19 bits per heavy atom. The summed E-state index contributed by atoms with van der Waals surface area (Å²) in [4.78, 5) is 0. The van der Waals surface area contributed by atoms with E-state index in [2.05, 4.69) is 22.9 Å². The Balaban J connectivity index is 2.71. The van der Waals surface area contributed by atoms with Crippen molar-refractivity contribution in [2.45, 2.75) is 38.3 Å². The molecule has 16 heavy (non-hydrogen) atoms. The summed E-state index contributed by atoms with van der Waals surface area (Å²) in [6, 6.07) is 5.16. The second kappa shape index (κ2) is 6.60. The summed E-state index contributed by atoms with van der Waals surface area (Å²) in [5, 5.41) is 10.5. The van der Waals surface area contributed by atoms with Crippen molar-refractivity contribution in [3.05, 3.63) is 33.3 Å². The maximum absolute atomic E-state index is 9.89. The second-order valence-electron chi connectivity index (χ2n) is 3.91. The average molecular weight is 307 g/mol. The summed E-state index contributed by atoms with van der Waals surface area (Å²) in [6.45, 7) is 2.09. The van der Waals surface area contributed by atoms with E-state index in [0.29, 0.717) is 5.02 Å². The van der Waals surface area contributed by atoms with Crippen molar-refractivity contribution >= 4 is 27.5 Å². The number of rotatable bonds is 5. The van der Waals surface area contributed by atoms with Crippen LogP contribution in [0.4, 0.5) is 0 Å². The minimum absolute atomic E-state index is 0.347. The van der Waals surface area contributed by atoms with Crippen molar-refractivity contribution in [3.8, 4) is 0 Å². The molecule has 0 spiro atoms. The van der Waals surface area contributed by atoms with Crippen LogP contribution in [0.3, 0.4) is 0 Å². The van der Waals surface area contributed by atoms with Crippen LogP contribution in [0.5, 0.6) is 0 Å². The summed E-state index contributed by atoms with van der Waals surface area (Å²) in [5.74, 6) is 0. The lowest BCUT2D eigenvalue weighted by atomic mass is 9.98. The maximum Gasteiger partial charge on any atom is 0.0732 e. The largest absolute Gasteiger partial charge is 0.391 e. The summed E-state index contributed by atoms with van der Waals surface area (Å²) < 4.78 is 0.810. The molecular formula is C12H17BrClNO. The molecule has 0 aliphatic heterocycles. The van der Waals surface area contributed by atoms with E-state index < -0.39 is 6.10 Å². The van der Waals surface area contributed by atoms with Crippen LogP contribution < -0.4 is 5.73 Å². The van der Waals surface area contributed by atoms with E-state index in [0.717, 1.165) is 29.3 Å². The summed E-state index contributed by atoms with van der Waals surface area (Å²) >= 11 is 9.25. The number of aliphatic hydroxyl groups is 1. The maximum atomic E-state index is 9.89. The van der Waals surface area contributed by atoms with Crippen molar-refractivity contribution in [3.63, 3.8) is 0 Å². The van der Waals surface area contributed by atoms with E-state index in [9.17, 15) is 5.11 Å². The topological polar surface area (TPSA) is 46.2 Å². The highest BCUT2D eigenvalue weighted by Crippen LogP contribution is 2.27. The van der Waals surface area contributed by atoms with Crippen molar-refractivity contribution in [2.24, 2.45) is 5.73 Å². The smallest absolute Gasteiger partial charge is 0.0732 e. The number of hydrogen-bond donors (Lipinski definition) is 2. The standard InChI is InChI=1S/C12H17BrClNO/c1-2-3-4-11(16)12(15)8-5-6-10(14)9(13)7-8/h5-7,11-12,16H,2-4,15H2,1H3/t11-,12+/m0/s1. The van der Waals surface area contributed by atoms with Gasteiger partial charge in [0.05, 0.1) is 17.2 Å². The second-order valence-corrected chi connectivity index (χ2v) is 5.17. The quantitative estimate of drug-likeness (QED) is 0.872. The number of benzene rings is 1. The molecule has 1 aromatic carbocycles. The molecule has 0 amide bonds. The van der Waals surface area contributed by atoms with Crippen molar-refractivity contribution < 1.29 is 5.11 Å². The van der Waals surface area contributed by atoms with E-state index in [1.165, 1.54) is 0 Å². The Labute approximate surface area is 110 Å². The first-order valence-electron chi connectivity index (χ1n) is 5.44. The van der Waals surface area contributed by atoms with Gasteiger partial charge in [-0.05, 0) is 40.0 Å². The Morgan fingerprint density at radius 1 is 1.50 bits per heavy atom. The Kier molecular flexibility index (Phi) is 5.76. The van der Waals surface area contributed by atoms with Gasteiger partial charge in [0.25, 0.3) is 0 Å². The summed E-state index contributed by atoms with van der Waals surface area (Å²) in [6.07, 6.45) is 2.29. The predicted octanol–water partition coefficient (Wildman–Crippen LogP) is 3.65. The highest BCUT2D eigenvalue weighted by molar-refractivity contribution is 9.10. The van der Waals surface area contributed by atoms with Gasteiger partial charge in [0, 0.05) is 4.47 Å². The van der Waals surface area contributed by atoms with Gasteiger partial charge in [-0.15, -0.1) is 0 Å². The van der Waals surface area contributed by atoms with E-state index in [-0.39, 0.29) is 6.04 Å². The van der Waals surface area contributed by atoms with E-state index in [4.69, 9.17) is 17.3 Å². The lowest BCUT2D eigenvalue weighted by molar-refractivity contribution is 0.132. The first-order chi connectivity index (χ1) is 7.56. The van der Waals surface area contributed by atoms with Crippen LogP contribution >= 0.6 is 27.5 Å². The fraction of sp³-hybridized carbons (Fsp3) is 0.500. The molecule has 0 aromatic heterocycles. The SMILES string of the molecule is CCCC[C@H](O)[C@H](N)c1ccc(Cl)c(Br)c1. The van der Waals surface area contributed by atoms with Crippen LogP contribution in [0.25, 0.3) is 0 Å². The van der Waals surface area contributed by atoms with E-state index in [1.54, 1.807) is 6.07 Å². The minimum Gasteiger partial charge on any atom is -0.391 e. The molecular weight excluding hydrogens is 289 g/mol. The highest BCUT2D eigenvalue weighted by atomic mass is 79.9. The van der Waals surface area contributed by atoms with E-state index in [1.807, 2.05) is 12.1 Å². The van der Waals surface area contributed by atoms with Gasteiger partial charge >= 0.3 is 0 Å². The van der Waals surface area contributed by atoms with Gasteiger partial charge in [0.2, 0.25) is 0 Å². The van der Waals surface area contributed by atoms with Crippen molar-refractivity contribution in [2.75, 3.05) is 0 Å². The number of halogens is 2. The Hall–Kier alpha value is -0.0900. The monoisotopic (exact) mass is 305 g/mol. The number of unbranched alkanes of at least 4 members (excludes halogenated alkanes) is 1. The molecule has 0 saturated heterocycles.